The van der Waals surface area contributed by atoms with Crippen LogP contribution in [0.3, 0.4) is 0 Å². The molecule has 8 nitrogen and oxygen atoms in total. The van der Waals surface area contributed by atoms with Gasteiger partial charge in [-0.3, -0.25) is 9.89 Å². The summed E-state index contributed by atoms with van der Waals surface area (Å²) < 4.78 is 34.8. The van der Waals surface area contributed by atoms with Crippen molar-refractivity contribution < 1.29 is 18.3 Å². The second-order valence-corrected chi connectivity index (χ2v) is 7.23. The molecule has 0 bridgehead atoms. The predicted molar refractivity (Wildman–Crippen MR) is 110 cm³/mol. The molecule has 1 unspecified atom stereocenters. The Bertz CT molecular complexity index is 854. The van der Waals surface area contributed by atoms with E-state index >= 15 is 0 Å². The highest BCUT2D eigenvalue weighted by Gasteiger charge is 2.27. The van der Waals surface area contributed by atoms with E-state index in [0.29, 0.717) is 31.9 Å². The van der Waals surface area contributed by atoms with Crippen LogP contribution >= 0.6 is 28.1 Å². The zero-order valence-electron chi connectivity index (χ0n) is 15.5. The van der Waals surface area contributed by atoms with Crippen molar-refractivity contribution in [3.05, 3.63) is 41.2 Å². The highest BCUT2D eigenvalue weighted by molar-refractivity contribution is 9.09. The van der Waals surface area contributed by atoms with Crippen molar-refractivity contribution >= 4 is 44.9 Å². The number of amides is 1. The molecule has 3 rings (SSSR count). The Morgan fingerprint density at radius 2 is 2.00 bits per heavy atom. The summed E-state index contributed by atoms with van der Waals surface area (Å²) in [5.74, 6) is -1.46. The molecule has 12 heteroatoms. The molecule has 29 heavy (non-hydrogen) atoms. The summed E-state index contributed by atoms with van der Waals surface area (Å²) in [6, 6.07) is 1.73. The quantitative estimate of drug-likeness (QED) is 0.489. The van der Waals surface area contributed by atoms with E-state index in [2.05, 4.69) is 36.7 Å². The van der Waals surface area contributed by atoms with Crippen LogP contribution in [0.4, 0.5) is 14.5 Å². The molecule has 1 fully saturated rings. The Hall–Kier alpha value is -2.34. The first-order valence-corrected chi connectivity index (χ1v) is 10.3. The van der Waals surface area contributed by atoms with Crippen LogP contribution in [0.1, 0.15) is 17.3 Å². The van der Waals surface area contributed by atoms with E-state index in [-0.39, 0.29) is 27.7 Å². The number of piperazine rings is 1. The number of aromatic nitrogens is 3. The minimum Gasteiger partial charge on any atom is -0.474 e. The van der Waals surface area contributed by atoms with E-state index in [1.807, 2.05) is 0 Å². The number of anilines is 1. The second kappa shape index (κ2) is 9.44. The summed E-state index contributed by atoms with van der Waals surface area (Å²) in [5, 5.41) is 13.2. The van der Waals surface area contributed by atoms with Crippen molar-refractivity contribution in [3.8, 4) is 0 Å². The van der Waals surface area contributed by atoms with Gasteiger partial charge in [0.25, 0.3) is 5.17 Å². The number of nitrogens with zero attached hydrogens (tertiary/aromatic N) is 4. The van der Waals surface area contributed by atoms with Gasteiger partial charge < -0.3 is 19.9 Å². The summed E-state index contributed by atoms with van der Waals surface area (Å²) in [6.45, 7) is 1.47. The number of hydrogen-bond donors (Lipinski definition) is 2. The molecule has 0 spiro atoms. The average Bonchev–Trinajstić information content (AvgIpc) is 3.25. The molecule has 1 saturated heterocycles. The highest BCUT2D eigenvalue weighted by atomic mass is 79.9. The van der Waals surface area contributed by atoms with E-state index in [0.717, 1.165) is 0 Å². The lowest BCUT2D eigenvalue weighted by atomic mass is 10.0. The number of benzene rings is 1. The number of H-pyrrole nitrogens is 1. The molecule has 0 aliphatic carbocycles. The van der Waals surface area contributed by atoms with E-state index < -0.39 is 17.7 Å². The molecule has 1 atom stereocenters. The average molecular weight is 489 g/mol. The summed E-state index contributed by atoms with van der Waals surface area (Å²) >= 11 is 8.15. The van der Waals surface area contributed by atoms with Crippen molar-refractivity contribution in [1.29, 1.82) is 0 Å². The van der Waals surface area contributed by atoms with Gasteiger partial charge in [0.05, 0.1) is 12.4 Å². The molecule has 1 amide bonds. The van der Waals surface area contributed by atoms with Crippen LogP contribution in [0.2, 0.25) is 0 Å². The fraction of sp³-hybridized carbons (Fsp3) is 0.412. The largest absolute Gasteiger partial charge is 0.474 e. The van der Waals surface area contributed by atoms with Crippen molar-refractivity contribution in [1.82, 2.24) is 25.6 Å². The van der Waals surface area contributed by atoms with Gasteiger partial charge in [-0.2, -0.15) is 0 Å². The van der Waals surface area contributed by atoms with Crippen molar-refractivity contribution in [2.75, 3.05) is 43.5 Å². The zero-order valence-corrected chi connectivity index (χ0v) is 17.9. The number of aromatic amines is 1. The molecular formula is C17H19BrF2N6O2S. The molecule has 0 radical (unpaired) electrons. The number of carbonyl (C=O) groups excluding carboxylic acids is 1. The third-order valence-corrected chi connectivity index (χ3v) is 5.38. The first kappa shape index (κ1) is 21.4. The fourth-order valence-corrected chi connectivity index (χ4v) is 3.65. The van der Waals surface area contributed by atoms with Gasteiger partial charge in [-0.1, -0.05) is 21.1 Å². The number of hydrogen-bond acceptors (Lipinski definition) is 6. The Morgan fingerprint density at radius 3 is 2.52 bits per heavy atom. The maximum Gasteiger partial charge on any atom is 0.257 e. The minimum absolute atomic E-state index is 0.0448. The number of rotatable bonds is 5. The zero-order chi connectivity index (χ0) is 21.0. The van der Waals surface area contributed by atoms with Gasteiger partial charge in [-0.25, -0.2) is 8.78 Å². The molecule has 1 aliphatic heterocycles. The Kier molecular flexibility index (Phi) is 6.96. The first-order valence-electron chi connectivity index (χ1n) is 8.73. The van der Waals surface area contributed by atoms with Crippen LogP contribution in [0.5, 0.6) is 0 Å². The number of thiocarbonyl (C=S) groups is 1. The van der Waals surface area contributed by atoms with Gasteiger partial charge in [-0.05, 0) is 29.9 Å². The Morgan fingerprint density at radius 1 is 1.34 bits per heavy atom. The van der Waals surface area contributed by atoms with Gasteiger partial charge in [0.15, 0.2) is 0 Å². The lowest BCUT2D eigenvalue weighted by Gasteiger charge is -2.36. The molecule has 1 aromatic heterocycles. The van der Waals surface area contributed by atoms with E-state index in [4.69, 9.17) is 17.0 Å². The summed E-state index contributed by atoms with van der Waals surface area (Å²) in [7, 11) is 1.39. The van der Waals surface area contributed by atoms with Crippen LogP contribution in [-0.4, -0.2) is 70.0 Å². The second-order valence-electron chi connectivity index (χ2n) is 6.30. The summed E-state index contributed by atoms with van der Waals surface area (Å²) in [6.07, 6.45) is 1.50. The number of alkyl halides is 1. The minimum atomic E-state index is -0.743. The SMILES string of the molecule is COC(=S)NC(c1cc(F)c(N2CCN(C(=O)CBr)CC2)c(F)c1)c1c[nH]nn1. The van der Waals surface area contributed by atoms with Crippen LogP contribution in [-0.2, 0) is 9.53 Å². The van der Waals surface area contributed by atoms with Crippen molar-refractivity contribution in [3.63, 3.8) is 0 Å². The highest BCUT2D eigenvalue weighted by Crippen LogP contribution is 2.30. The van der Waals surface area contributed by atoms with Gasteiger partial charge in [-0.15, -0.1) is 5.10 Å². The van der Waals surface area contributed by atoms with Crippen LogP contribution in [0, 0.1) is 11.6 Å². The third-order valence-electron chi connectivity index (χ3n) is 4.61. The number of halogens is 3. The number of carbonyl (C=O) groups is 1. The molecule has 156 valence electrons. The molecule has 1 aromatic carbocycles. The number of nitrogens with one attached hydrogen (secondary N) is 2. The first-order chi connectivity index (χ1) is 13.9. The summed E-state index contributed by atoms with van der Waals surface area (Å²) in [4.78, 5) is 15.0. The molecule has 1 aliphatic rings. The van der Waals surface area contributed by atoms with Crippen LogP contribution in [0.25, 0.3) is 0 Å². The number of ether oxygens (including phenoxy) is 1. The van der Waals surface area contributed by atoms with E-state index in [9.17, 15) is 13.6 Å². The standard InChI is InChI=1S/C17H19BrF2N6O2S/c1-28-17(29)22-15(13-9-21-24-23-13)10-6-11(19)16(12(20)7-10)26-4-2-25(3-5-26)14(27)8-18/h6-7,9,15H,2-5,8H2,1H3,(H,22,29)(H,21,23,24). The molecule has 0 saturated carbocycles. The maximum atomic E-state index is 14.9. The normalized spacial score (nSPS) is 15.2. The lowest BCUT2D eigenvalue weighted by Crippen LogP contribution is -2.49. The predicted octanol–water partition coefficient (Wildman–Crippen LogP) is 1.74. The topological polar surface area (TPSA) is 86.4 Å². The molecule has 2 aromatic rings. The van der Waals surface area contributed by atoms with Crippen LogP contribution in [0.15, 0.2) is 18.3 Å². The van der Waals surface area contributed by atoms with E-state index in [1.54, 1.807) is 9.80 Å². The van der Waals surface area contributed by atoms with Gasteiger partial charge in [0.1, 0.15) is 29.1 Å². The van der Waals surface area contributed by atoms with Gasteiger partial charge in [0, 0.05) is 32.4 Å². The Balaban J connectivity index is 1.85. The van der Waals surface area contributed by atoms with E-state index in [1.165, 1.54) is 25.4 Å². The third kappa shape index (κ3) is 4.81. The van der Waals surface area contributed by atoms with Gasteiger partial charge in [0.2, 0.25) is 5.91 Å². The molecule has 2 heterocycles. The van der Waals surface area contributed by atoms with Crippen molar-refractivity contribution in [2.45, 2.75) is 6.04 Å². The van der Waals surface area contributed by atoms with Crippen LogP contribution < -0.4 is 10.2 Å². The monoisotopic (exact) mass is 488 g/mol. The fourth-order valence-electron chi connectivity index (χ4n) is 3.17. The lowest BCUT2D eigenvalue weighted by molar-refractivity contribution is -0.128. The smallest absolute Gasteiger partial charge is 0.257 e. The molecular weight excluding hydrogens is 470 g/mol. The summed E-state index contributed by atoms with van der Waals surface area (Å²) in [5.41, 5.74) is 0.566. The van der Waals surface area contributed by atoms with Gasteiger partial charge >= 0.3 is 0 Å². The number of methoxy groups -OCH3 is 1. The maximum absolute atomic E-state index is 14.9. The molecule has 2 N–H and O–H groups in total. The van der Waals surface area contributed by atoms with Crippen molar-refractivity contribution in [2.24, 2.45) is 0 Å². The Labute approximate surface area is 179 Å².